The van der Waals surface area contributed by atoms with Crippen LogP contribution in [-0.2, 0) is 0 Å². The number of amides is 1. The first-order chi connectivity index (χ1) is 7.70. The summed E-state index contributed by atoms with van der Waals surface area (Å²) in [7, 11) is 1.55. The van der Waals surface area contributed by atoms with Crippen LogP contribution in [0.3, 0.4) is 0 Å². The Kier molecular flexibility index (Phi) is 2.50. The van der Waals surface area contributed by atoms with E-state index in [-0.39, 0.29) is 5.91 Å². The summed E-state index contributed by atoms with van der Waals surface area (Å²) in [5, 5.41) is 6.54. The van der Waals surface area contributed by atoms with Gasteiger partial charge in [0, 0.05) is 19.3 Å². The minimum atomic E-state index is -0.249. The van der Waals surface area contributed by atoms with Gasteiger partial charge >= 0.3 is 0 Å². The van der Waals surface area contributed by atoms with Crippen molar-refractivity contribution < 1.29 is 4.79 Å². The number of anilines is 1. The molecule has 7 heteroatoms. The van der Waals surface area contributed by atoms with E-state index in [0.29, 0.717) is 17.3 Å². The van der Waals surface area contributed by atoms with Crippen molar-refractivity contribution in [2.24, 2.45) is 0 Å². The van der Waals surface area contributed by atoms with Crippen LogP contribution >= 0.6 is 0 Å². The summed E-state index contributed by atoms with van der Waals surface area (Å²) in [5.41, 5.74) is 5.84. The Balaban J connectivity index is 2.35. The van der Waals surface area contributed by atoms with Crippen LogP contribution in [0.4, 0.5) is 5.82 Å². The zero-order valence-electron chi connectivity index (χ0n) is 8.58. The van der Waals surface area contributed by atoms with E-state index in [1.165, 1.54) is 11.0 Å². The van der Waals surface area contributed by atoms with E-state index in [1.807, 2.05) is 0 Å². The van der Waals surface area contributed by atoms with Crippen molar-refractivity contribution in [3.05, 3.63) is 30.4 Å². The van der Waals surface area contributed by atoms with Crippen molar-refractivity contribution >= 4 is 11.7 Å². The van der Waals surface area contributed by atoms with Crippen LogP contribution in [0.15, 0.2) is 24.7 Å². The smallest absolute Gasteiger partial charge is 0.271 e. The minimum Gasteiger partial charge on any atom is -0.384 e. The molecular formula is C9H10N6O. The van der Waals surface area contributed by atoms with Gasteiger partial charge in [0.05, 0.1) is 0 Å². The van der Waals surface area contributed by atoms with E-state index in [0.717, 1.165) is 0 Å². The van der Waals surface area contributed by atoms with E-state index in [4.69, 9.17) is 5.73 Å². The molecule has 2 rings (SSSR count). The quantitative estimate of drug-likeness (QED) is 0.714. The molecule has 0 unspecified atom stereocenters. The Bertz CT molecular complexity index is 520. The molecule has 2 heterocycles. The Hall–Kier alpha value is -2.44. The van der Waals surface area contributed by atoms with Crippen LogP contribution < -0.4 is 11.1 Å². The maximum absolute atomic E-state index is 11.3. The summed E-state index contributed by atoms with van der Waals surface area (Å²) in [6.07, 6.45) is 2.97. The van der Waals surface area contributed by atoms with Crippen molar-refractivity contribution in [1.82, 2.24) is 25.1 Å². The van der Waals surface area contributed by atoms with Crippen molar-refractivity contribution in [2.75, 3.05) is 12.8 Å². The lowest BCUT2D eigenvalue weighted by Crippen LogP contribution is -2.18. The summed E-state index contributed by atoms with van der Waals surface area (Å²) in [4.78, 5) is 19.0. The van der Waals surface area contributed by atoms with Gasteiger partial charge in [-0.1, -0.05) is 0 Å². The van der Waals surface area contributed by atoms with Gasteiger partial charge in [-0.15, -0.1) is 0 Å². The first-order valence-corrected chi connectivity index (χ1v) is 4.56. The number of nitrogens with one attached hydrogen (secondary N) is 1. The maximum Gasteiger partial charge on any atom is 0.271 e. The van der Waals surface area contributed by atoms with Crippen LogP contribution in [0, 0.1) is 0 Å². The Labute approximate surface area is 91.3 Å². The SMILES string of the molecule is CNC(=O)c1ccn(-c2cc(N)ncn2)n1. The van der Waals surface area contributed by atoms with Crippen LogP contribution in [0.1, 0.15) is 10.5 Å². The minimum absolute atomic E-state index is 0.249. The second-order valence-electron chi connectivity index (χ2n) is 3.03. The van der Waals surface area contributed by atoms with Gasteiger partial charge in [0.2, 0.25) is 0 Å². The summed E-state index contributed by atoms with van der Waals surface area (Å²) in [5.74, 6) is 0.616. The summed E-state index contributed by atoms with van der Waals surface area (Å²) in [6, 6.07) is 3.16. The van der Waals surface area contributed by atoms with Gasteiger partial charge in [-0.05, 0) is 6.07 Å². The lowest BCUT2D eigenvalue weighted by atomic mass is 10.4. The molecule has 3 N–H and O–H groups in total. The standard InChI is InChI=1S/C9H10N6O/c1-11-9(16)6-2-3-15(14-6)8-4-7(10)12-5-13-8/h2-5H,1H3,(H,11,16)(H2,10,12,13). The first-order valence-electron chi connectivity index (χ1n) is 4.56. The number of aromatic nitrogens is 4. The molecule has 1 amide bonds. The predicted octanol–water partition coefficient (Wildman–Crippen LogP) is -0.396. The van der Waals surface area contributed by atoms with Gasteiger partial charge in [-0.2, -0.15) is 5.10 Å². The molecule has 2 aromatic rings. The fourth-order valence-corrected chi connectivity index (χ4v) is 1.19. The monoisotopic (exact) mass is 218 g/mol. The molecule has 2 aromatic heterocycles. The van der Waals surface area contributed by atoms with Gasteiger partial charge < -0.3 is 11.1 Å². The molecule has 16 heavy (non-hydrogen) atoms. The third-order valence-corrected chi connectivity index (χ3v) is 1.96. The number of hydrogen-bond acceptors (Lipinski definition) is 5. The highest BCUT2D eigenvalue weighted by molar-refractivity contribution is 5.91. The van der Waals surface area contributed by atoms with E-state index in [2.05, 4.69) is 20.4 Å². The molecule has 0 aliphatic rings. The Morgan fingerprint density at radius 1 is 1.50 bits per heavy atom. The number of carbonyl (C=O) groups excluding carboxylic acids is 1. The molecule has 0 atom stereocenters. The van der Waals surface area contributed by atoms with Crippen molar-refractivity contribution in [2.45, 2.75) is 0 Å². The summed E-state index contributed by atoms with van der Waals surface area (Å²) >= 11 is 0. The number of rotatable bonds is 2. The lowest BCUT2D eigenvalue weighted by molar-refractivity contribution is 0.0957. The van der Waals surface area contributed by atoms with Gasteiger partial charge in [0.1, 0.15) is 12.1 Å². The second kappa shape index (κ2) is 3.97. The summed E-state index contributed by atoms with van der Waals surface area (Å²) in [6.45, 7) is 0. The van der Waals surface area contributed by atoms with E-state index >= 15 is 0 Å². The molecule has 0 saturated heterocycles. The zero-order valence-corrected chi connectivity index (χ0v) is 8.58. The van der Waals surface area contributed by atoms with E-state index in [9.17, 15) is 4.79 Å². The Morgan fingerprint density at radius 2 is 2.31 bits per heavy atom. The van der Waals surface area contributed by atoms with E-state index < -0.39 is 0 Å². The van der Waals surface area contributed by atoms with Gasteiger partial charge in [0.15, 0.2) is 11.5 Å². The van der Waals surface area contributed by atoms with Crippen molar-refractivity contribution in [3.63, 3.8) is 0 Å². The lowest BCUT2D eigenvalue weighted by Gasteiger charge is -1.99. The molecule has 0 aliphatic heterocycles. The molecule has 82 valence electrons. The largest absolute Gasteiger partial charge is 0.384 e. The predicted molar refractivity (Wildman–Crippen MR) is 57.0 cm³/mol. The van der Waals surface area contributed by atoms with Crippen molar-refractivity contribution in [1.29, 1.82) is 0 Å². The van der Waals surface area contributed by atoms with Crippen LogP contribution in [0.25, 0.3) is 5.82 Å². The molecule has 0 aromatic carbocycles. The highest BCUT2D eigenvalue weighted by atomic mass is 16.1. The molecule has 0 fully saturated rings. The average Bonchev–Trinajstić information content (AvgIpc) is 2.77. The van der Waals surface area contributed by atoms with Gasteiger partial charge in [0.25, 0.3) is 5.91 Å². The zero-order chi connectivity index (χ0) is 11.5. The molecule has 0 bridgehead atoms. The number of nitrogens with two attached hydrogens (primary N) is 1. The van der Waals surface area contributed by atoms with Gasteiger partial charge in [-0.3, -0.25) is 4.79 Å². The third kappa shape index (κ3) is 1.83. The fraction of sp³-hybridized carbons (Fsp3) is 0.111. The van der Waals surface area contributed by atoms with Gasteiger partial charge in [-0.25, -0.2) is 14.6 Å². The van der Waals surface area contributed by atoms with Crippen LogP contribution in [0.5, 0.6) is 0 Å². The third-order valence-electron chi connectivity index (χ3n) is 1.96. The molecule has 7 nitrogen and oxygen atoms in total. The normalized spacial score (nSPS) is 10.1. The number of nitrogens with zero attached hydrogens (tertiary/aromatic N) is 4. The average molecular weight is 218 g/mol. The number of carbonyl (C=O) groups is 1. The number of hydrogen-bond donors (Lipinski definition) is 2. The van der Waals surface area contributed by atoms with Crippen molar-refractivity contribution in [3.8, 4) is 5.82 Å². The number of nitrogen functional groups attached to an aromatic ring is 1. The van der Waals surface area contributed by atoms with Crippen LogP contribution in [-0.4, -0.2) is 32.7 Å². The van der Waals surface area contributed by atoms with Crippen LogP contribution in [0.2, 0.25) is 0 Å². The molecule has 0 radical (unpaired) electrons. The maximum atomic E-state index is 11.3. The summed E-state index contributed by atoms with van der Waals surface area (Å²) < 4.78 is 1.46. The second-order valence-corrected chi connectivity index (χ2v) is 3.03. The first kappa shape index (κ1) is 10.1. The topological polar surface area (TPSA) is 98.7 Å². The highest BCUT2D eigenvalue weighted by Gasteiger charge is 2.08. The van der Waals surface area contributed by atoms with E-state index in [1.54, 1.807) is 25.4 Å². The Morgan fingerprint density at radius 3 is 3.00 bits per heavy atom. The highest BCUT2D eigenvalue weighted by Crippen LogP contribution is 2.06. The fourth-order valence-electron chi connectivity index (χ4n) is 1.19. The molecular weight excluding hydrogens is 208 g/mol. The molecule has 0 saturated carbocycles. The molecule has 0 aliphatic carbocycles. The molecule has 0 spiro atoms.